The molecule has 8 heteroatoms. The number of rotatable bonds is 5. The molecule has 2 N–H and O–H groups in total. The predicted molar refractivity (Wildman–Crippen MR) is 124 cm³/mol. The quantitative estimate of drug-likeness (QED) is 0.408. The van der Waals surface area contributed by atoms with E-state index in [0.29, 0.717) is 12.2 Å². The van der Waals surface area contributed by atoms with Crippen LogP contribution in [0.1, 0.15) is 21.9 Å². The maximum absolute atomic E-state index is 12.3. The fourth-order valence-corrected chi connectivity index (χ4v) is 3.71. The van der Waals surface area contributed by atoms with Gasteiger partial charge in [0.2, 0.25) is 0 Å². The molecular weight excluding hydrogens is 433 g/mol. The number of nitrogens with zero attached hydrogens (tertiary/aromatic N) is 3. The Balaban J connectivity index is 0.00000231. The van der Waals surface area contributed by atoms with Crippen LogP contribution in [0.5, 0.6) is 0 Å². The van der Waals surface area contributed by atoms with E-state index in [1.54, 1.807) is 12.3 Å². The van der Waals surface area contributed by atoms with Crippen LogP contribution in [-0.2, 0) is 6.54 Å². The van der Waals surface area contributed by atoms with Gasteiger partial charge in [-0.05, 0) is 35.4 Å². The summed E-state index contributed by atoms with van der Waals surface area (Å²) in [6.45, 7) is 0.845. The lowest BCUT2D eigenvalue weighted by atomic mass is 10.0. The summed E-state index contributed by atoms with van der Waals surface area (Å²) in [5.41, 5.74) is 5.58. The van der Waals surface area contributed by atoms with Gasteiger partial charge in [0.25, 0.3) is 0 Å². The standard InChI is InChI=1S/C23H18ClN5O.ClH/c24-18-3-1-2-17(12-18)15-4-6-16(7-5-15)23-26-19-9-11-29(13-21(19)27-23)14-22(30)20-8-10-25-28-20;/h1-12H,13-14H2,(H,25,28)(H,26,27);1H. The Hall–Kier alpha value is -3.35. The average molecular weight is 452 g/mol. The predicted octanol–water partition coefficient (Wildman–Crippen LogP) is 5.21. The zero-order valence-electron chi connectivity index (χ0n) is 16.4. The van der Waals surface area contributed by atoms with E-state index in [1.165, 1.54) is 0 Å². The highest BCUT2D eigenvalue weighted by atomic mass is 35.5. The van der Waals surface area contributed by atoms with Gasteiger partial charge in [-0.3, -0.25) is 9.89 Å². The molecule has 31 heavy (non-hydrogen) atoms. The highest BCUT2D eigenvalue weighted by Crippen LogP contribution is 2.27. The molecule has 6 nitrogen and oxygen atoms in total. The highest BCUT2D eigenvalue weighted by Gasteiger charge is 2.19. The zero-order chi connectivity index (χ0) is 20.5. The topological polar surface area (TPSA) is 77.7 Å². The van der Waals surface area contributed by atoms with Crippen LogP contribution in [0, 0.1) is 0 Å². The van der Waals surface area contributed by atoms with E-state index in [1.807, 2.05) is 53.6 Å². The number of hydrogen-bond acceptors (Lipinski definition) is 4. The molecule has 1 aliphatic heterocycles. The van der Waals surface area contributed by atoms with E-state index < -0.39 is 0 Å². The van der Waals surface area contributed by atoms with E-state index in [2.05, 4.69) is 27.3 Å². The van der Waals surface area contributed by atoms with Gasteiger partial charge in [0.1, 0.15) is 11.5 Å². The summed E-state index contributed by atoms with van der Waals surface area (Å²) in [7, 11) is 0. The maximum Gasteiger partial charge on any atom is 0.199 e. The Morgan fingerprint density at radius 2 is 1.87 bits per heavy atom. The first-order valence-corrected chi connectivity index (χ1v) is 9.93. The minimum atomic E-state index is -0.00652. The number of benzene rings is 2. The second-order valence-electron chi connectivity index (χ2n) is 7.15. The van der Waals surface area contributed by atoms with Crippen molar-refractivity contribution in [3.8, 4) is 22.5 Å². The van der Waals surface area contributed by atoms with Crippen LogP contribution >= 0.6 is 24.0 Å². The largest absolute Gasteiger partial charge is 0.364 e. The van der Waals surface area contributed by atoms with E-state index in [0.717, 1.165) is 38.9 Å². The molecular formula is C23H19Cl2N5O. The molecule has 0 saturated carbocycles. The Labute approximate surface area is 190 Å². The Bertz CT molecular complexity index is 1230. The van der Waals surface area contributed by atoms with Gasteiger partial charge >= 0.3 is 0 Å². The van der Waals surface area contributed by atoms with Gasteiger partial charge in [0.05, 0.1) is 24.5 Å². The molecule has 4 aromatic rings. The fraction of sp³-hybridized carbons (Fsp3) is 0.0870. The van der Waals surface area contributed by atoms with Gasteiger partial charge in [-0.2, -0.15) is 5.10 Å². The Morgan fingerprint density at radius 3 is 2.61 bits per heavy atom. The molecule has 0 bridgehead atoms. The first-order valence-electron chi connectivity index (χ1n) is 9.56. The molecule has 5 rings (SSSR count). The molecule has 0 unspecified atom stereocenters. The number of hydrogen-bond donors (Lipinski definition) is 2. The number of carbonyl (C=O) groups excluding carboxylic acids is 1. The summed E-state index contributed by atoms with van der Waals surface area (Å²) in [5, 5.41) is 7.26. The molecule has 0 amide bonds. The summed E-state index contributed by atoms with van der Waals surface area (Å²) < 4.78 is 0. The summed E-state index contributed by atoms with van der Waals surface area (Å²) in [4.78, 5) is 22.4. The van der Waals surface area contributed by atoms with Crippen LogP contribution in [0.3, 0.4) is 0 Å². The molecule has 0 saturated heterocycles. The average Bonchev–Trinajstić information content (AvgIpc) is 3.44. The number of carbonyl (C=O) groups is 1. The van der Waals surface area contributed by atoms with Crippen LogP contribution in [0.15, 0.2) is 67.0 Å². The van der Waals surface area contributed by atoms with Crippen molar-refractivity contribution in [1.29, 1.82) is 0 Å². The number of halogens is 2. The monoisotopic (exact) mass is 451 g/mol. The first-order chi connectivity index (χ1) is 14.7. The summed E-state index contributed by atoms with van der Waals surface area (Å²) in [6.07, 6.45) is 5.45. The number of fused-ring (bicyclic) bond motifs is 1. The lowest BCUT2D eigenvalue weighted by molar-refractivity contribution is 0.0947. The molecule has 0 aliphatic carbocycles. The van der Waals surface area contributed by atoms with Crippen molar-refractivity contribution in [3.05, 3.63) is 89.1 Å². The fourth-order valence-electron chi connectivity index (χ4n) is 3.52. The Morgan fingerprint density at radius 1 is 1.06 bits per heavy atom. The number of aromatic nitrogens is 4. The number of nitrogens with one attached hydrogen (secondary N) is 2. The minimum Gasteiger partial charge on any atom is -0.364 e. The molecule has 0 radical (unpaired) electrons. The smallest absolute Gasteiger partial charge is 0.199 e. The first kappa shape index (κ1) is 20.9. The van der Waals surface area contributed by atoms with Crippen LogP contribution in [0.2, 0.25) is 5.02 Å². The van der Waals surface area contributed by atoms with Crippen molar-refractivity contribution >= 4 is 35.9 Å². The third-order valence-corrected chi connectivity index (χ3v) is 5.31. The van der Waals surface area contributed by atoms with E-state index in [-0.39, 0.29) is 24.7 Å². The summed E-state index contributed by atoms with van der Waals surface area (Å²) in [5.74, 6) is 0.803. The minimum absolute atomic E-state index is 0. The lowest BCUT2D eigenvalue weighted by Gasteiger charge is -2.21. The zero-order valence-corrected chi connectivity index (χ0v) is 18.0. The second-order valence-corrected chi connectivity index (χ2v) is 7.58. The van der Waals surface area contributed by atoms with Crippen LogP contribution in [-0.4, -0.2) is 37.4 Å². The van der Waals surface area contributed by atoms with Gasteiger partial charge in [-0.1, -0.05) is 48.0 Å². The van der Waals surface area contributed by atoms with Crippen molar-refractivity contribution in [2.45, 2.75) is 6.54 Å². The van der Waals surface area contributed by atoms with Crippen LogP contribution < -0.4 is 0 Å². The summed E-state index contributed by atoms with van der Waals surface area (Å²) >= 11 is 6.10. The number of Topliss-reactive ketones (excluding diaryl/α,β-unsaturated/α-hetero) is 1. The van der Waals surface area contributed by atoms with Gasteiger partial charge in [-0.25, -0.2) is 4.98 Å². The van der Waals surface area contributed by atoms with Gasteiger partial charge in [0, 0.05) is 23.0 Å². The third-order valence-electron chi connectivity index (χ3n) is 5.08. The van der Waals surface area contributed by atoms with Crippen molar-refractivity contribution < 1.29 is 4.79 Å². The summed E-state index contributed by atoms with van der Waals surface area (Å²) in [6, 6.07) is 17.7. The second kappa shape index (κ2) is 8.79. The lowest BCUT2D eigenvalue weighted by Crippen LogP contribution is -2.27. The number of aromatic amines is 2. The highest BCUT2D eigenvalue weighted by molar-refractivity contribution is 6.30. The van der Waals surface area contributed by atoms with Crippen LogP contribution in [0.4, 0.5) is 0 Å². The SMILES string of the molecule is Cl.O=C(CN1C=Cc2[nH]c(-c3ccc(-c4cccc(Cl)c4)cc3)nc2C1)c1ccn[nH]1. The number of imidazole rings is 1. The molecule has 0 spiro atoms. The normalized spacial score (nSPS) is 12.4. The van der Waals surface area contributed by atoms with Crippen molar-refractivity contribution in [2.24, 2.45) is 0 Å². The molecule has 156 valence electrons. The molecule has 0 atom stereocenters. The molecule has 2 aromatic heterocycles. The molecule has 3 heterocycles. The third kappa shape index (κ3) is 4.40. The van der Waals surface area contributed by atoms with Crippen molar-refractivity contribution in [1.82, 2.24) is 25.1 Å². The van der Waals surface area contributed by atoms with Gasteiger partial charge in [-0.15, -0.1) is 12.4 Å². The van der Waals surface area contributed by atoms with Crippen LogP contribution in [0.25, 0.3) is 28.6 Å². The molecule has 1 aliphatic rings. The molecule has 0 fully saturated rings. The van der Waals surface area contributed by atoms with E-state index in [9.17, 15) is 4.79 Å². The maximum atomic E-state index is 12.3. The van der Waals surface area contributed by atoms with E-state index >= 15 is 0 Å². The number of H-pyrrole nitrogens is 2. The van der Waals surface area contributed by atoms with Crippen molar-refractivity contribution in [2.75, 3.05) is 6.54 Å². The molecule has 2 aromatic carbocycles. The van der Waals surface area contributed by atoms with Gasteiger partial charge < -0.3 is 9.88 Å². The van der Waals surface area contributed by atoms with Gasteiger partial charge in [0.15, 0.2) is 5.78 Å². The number of ketones is 1. The van der Waals surface area contributed by atoms with E-state index in [4.69, 9.17) is 16.6 Å². The Kier molecular flexibility index (Phi) is 5.93. The van der Waals surface area contributed by atoms with Crippen molar-refractivity contribution in [3.63, 3.8) is 0 Å².